The fourth-order valence-electron chi connectivity index (χ4n) is 3.67. The molecule has 0 fully saturated rings. The van der Waals surface area contributed by atoms with Gasteiger partial charge in [0.1, 0.15) is 18.1 Å². The van der Waals surface area contributed by atoms with Crippen LogP contribution < -0.4 is 10.1 Å². The van der Waals surface area contributed by atoms with E-state index >= 15 is 0 Å². The number of hydrogen-bond acceptors (Lipinski definition) is 6. The Morgan fingerprint density at radius 2 is 2.03 bits per heavy atom. The second-order valence-corrected chi connectivity index (χ2v) is 7.62. The quantitative estimate of drug-likeness (QED) is 0.351. The maximum Gasteiger partial charge on any atom is 0.387 e. The normalized spacial score (nSPS) is 11.2. The second-order valence-electron chi connectivity index (χ2n) is 7.62. The Hall–Kier alpha value is -4.60. The van der Waals surface area contributed by atoms with Crippen molar-refractivity contribution in [3.63, 3.8) is 0 Å². The van der Waals surface area contributed by atoms with Crippen molar-refractivity contribution in [2.75, 3.05) is 0 Å². The first-order valence-electron chi connectivity index (χ1n) is 10.7. The summed E-state index contributed by atoms with van der Waals surface area (Å²) in [6, 6.07) is 15.1. The van der Waals surface area contributed by atoms with Crippen LogP contribution >= 0.6 is 0 Å². The molecule has 4 heterocycles. The molecule has 0 saturated carbocycles. The molecule has 10 heteroatoms. The summed E-state index contributed by atoms with van der Waals surface area (Å²) in [6.07, 6.45) is 6.49. The minimum Gasteiger partial charge on any atom is -0.467 e. The van der Waals surface area contributed by atoms with Crippen LogP contribution in [0.25, 0.3) is 22.3 Å². The number of nitrogens with zero attached hydrogens (tertiary/aromatic N) is 4. The van der Waals surface area contributed by atoms with E-state index in [9.17, 15) is 13.6 Å². The Balaban J connectivity index is 1.47. The number of halogens is 2. The maximum atomic E-state index is 13.2. The van der Waals surface area contributed by atoms with Crippen molar-refractivity contribution in [1.29, 1.82) is 0 Å². The van der Waals surface area contributed by atoms with Crippen LogP contribution in [0.15, 0.2) is 83.9 Å². The van der Waals surface area contributed by atoms with Gasteiger partial charge in [0.25, 0.3) is 5.91 Å². The standard InChI is InChI=1S/C25H19F2N5O3/c26-25(27)35-18-6-1-4-16(10-18)12-29-24(33)20-11-22(17-5-2-8-28-13-17)31-23-21(20)14-30-32(23)15-19-7-3-9-34-19/h1-11,13-14,25H,12,15H2,(H,29,33). The lowest BCUT2D eigenvalue weighted by Crippen LogP contribution is -2.23. The van der Waals surface area contributed by atoms with Gasteiger partial charge in [-0.15, -0.1) is 0 Å². The molecule has 0 saturated heterocycles. The molecule has 176 valence electrons. The van der Waals surface area contributed by atoms with E-state index in [1.807, 2.05) is 12.1 Å². The third-order valence-electron chi connectivity index (χ3n) is 5.27. The lowest BCUT2D eigenvalue weighted by Gasteiger charge is -2.10. The molecule has 4 aromatic heterocycles. The Bertz CT molecular complexity index is 1450. The number of aromatic nitrogens is 4. The number of hydrogen-bond donors (Lipinski definition) is 1. The lowest BCUT2D eigenvalue weighted by molar-refractivity contribution is -0.0498. The van der Waals surface area contributed by atoms with Crippen LogP contribution in [0.3, 0.4) is 0 Å². The largest absolute Gasteiger partial charge is 0.467 e. The Labute approximate surface area is 198 Å². The van der Waals surface area contributed by atoms with Gasteiger partial charge >= 0.3 is 6.61 Å². The predicted octanol–water partition coefficient (Wildman–Crippen LogP) is 4.67. The predicted molar refractivity (Wildman–Crippen MR) is 123 cm³/mol. The van der Waals surface area contributed by atoms with Gasteiger partial charge in [0.15, 0.2) is 5.65 Å². The Morgan fingerprint density at radius 3 is 2.80 bits per heavy atom. The molecule has 5 aromatic rings. The summed E-state index contributed by atoms with van der Waals surface area (Å²) in [5.41, 5.74) is 2.80. The van der Waals surface area contributed by atoms with Crippen molar-refractivity contribution in [1.82, 2.24) is 25.1 Å². The van der Waals surface area contributed by atoms with E-state index in [0.29, 0.717) is 40.2 Å². The van der Waals surface area contributed by atoms with E-state index in [0.717, 1.165) is 5.56 Å². The SMILES string of the molecule is O=C(NCc1cccc(OC(F)F)c1)c1cc(-c2cccnc2)nc2c1cnn2Cc1ccco1. The molecule has 0 bridgehead atoms. The highest BCUT2D eigenvalue weighted by molar-refractivity contribution is 6.06. The zero-order chi connectivity index (χ0) is 24.2. The molecule has 0 aliphatic carbocycles. The van der Waals surface area contributed by atoms with Crippen molar-refractivity contribution < 1.29 is 22.7 Å². The van der Waals surface area contributed by atoms with Crippen LogP contribution in [0.5, 0.6) is 5.75 Å². The third-order valence-corrected chi connectivity index (χ3v) is 5.27. The average Bonchev–Trinajstić information content (AvgIpc) is 3.53. The van der Waals surface area contributed by atoms with Gasteiger partial charge in [-0.3, -0.25) is 9.78 Å². The number of carbonyl (C=O) groups excluding carboxylic acids is 1. The van der Waals surface area contributed by atoms with Crippen LogP contribution in [0.1, 0.15) is 21.7 Å². The van der Waals surface area contributed by atoms with Crippen LogP contribution in [0.2, 0.25) is 0 Å². The lowest BCUT2D eigenvalue weighted by atomic mass is 10.1. The zero-order valence-electron chi connectivity index (χ0n) is 18.3. The molecule has 8 nitrogen and oxygen atoms in total. The summed E-state index contributed by atoms with van der Waals surface area (Å²) < 4.78 is 36.6. The average molecular weight is 475 g/mol. The van der Waals surface area contributed by atoms with Crippen LogP contribution in [-0.4, -0.2) is 32.3 Å². The number of pyridine rings is 2. The topological polar surface area (TPSA) is 95.1 Å². The number of benzene rings is 1. The minimum absolute atomic E-state index is 0.0242. The van der Waals surface area contributed by atoms with Crippen LogP contribution in [-0.2, 0) is 13.1 Å². The molecule has 0 radical (unpaired) electrons. The molecule has 1 amide bonds. The molecular weight excluding hydrogens is 456 g/mol. The number of furan rings is 1. The highest BCUT2D eigenvalue weighted by Gasteiger charge is 2.18. The number of carbonyl (C=O) groups is 1. The van der Waals surface area contributed by atoms with E-state index in [2.05, 4.69) is 20.1 Å². The van der Waals surface area contributed by atoms with Crippen molar-refractivity contribution in [3.05, 3.63) is 96.3 Å². The molecule has 0 spiro atoms. The van der Waals surface area contributed by atoms with Gasteiger partial charge in [0, 0.05) is 24.5 Å². The number of nitrogens with one attached hydrogen (secondary N) is 1. The molecule has 1 N–H and O–H groups in total. The molecule has 0 aliphatic rings. The van der Waals surface area contributed by atoms with E-state index in [4.69, 9.17) is 9.40 Å². The van der Waals surface area contributed by atoms with Crippen molar-refractivity contribution in [2.45, 2.75) is 19.7 Å². The second kappa shape index (κ2) is 9.72. The fourth-order valence-corrected chi connectivity index (χ4v) is 3.67. The van der Waals surface area contributed by atoms with Gasteiger partial charge in [-0.2, -0.15) is 13.9 Å². The fraction of sp³-hybridized carbons (Fsp3) is 0.120. The van der Waals surface area contributed by atoms with Crippen molar-refractivity contribution in [3.8, 4) is 17.0 Å². The summed E-state index contributed by atoms with van der Waals surface area (Å²) in [6.45, 7) is -2.46. The Morgan fingerprint density at radius 1 is 1.11 bits per heavy atom. The smallest absolute Gasteiger partial charge is 0.387 e. The summed E-state index contributed by atoms with van der Waals surface area (Å²) in [7, 11) is 0. The monoisotopic (exact) mass is 475 g/mol. The minimum atomic E-state index is -2.92. The van der Waals surface area contributed by atoms with Crippen LogP contribution in [0.4, 0.5) is 8.78 Å². The number of amides is 1. The molecule has 0 unspecified atom stereocenters. The zero-order valence-corrected chi connectivity index (χ0v) is 18.3. The summed E-state index contributed by atoms with van der Waals surface area (Å²) in [5, 5.41) is 7.82. The molecule has 5 rings (SSSR count). The van der Waals surface area contributed by atoms with E-state index in [-0.39, 0.29) is 18.2 Å². The number of ether oxygens (including phenoxy) is 1. The van der Waals surface area contributed by atoms with Gasteiger partial charge in [0.05, 0.1) is 29.1 Å². The Kier molecular flexibility index (Phi) is 6.16. The molecule has 0 aliphatic heterocycles. The van der Waals surface area contributed by atoms with Crippen LogP contribution in [0, 0.1) is 0 Å². The third kappa shape index (κ3) is 5.01. The number of fused-ring (bicyclic) bond motifs is 1. The summed E-state index contributed by atoms with van der Waals surface area (Å²) >= 11 is 0. The first-order valence-corrected chi connectivity index (χ1v) is 10.7. The maximum absolute atomic E-state index is 13.2. The number of alkyl halides is 2. The molecular formula is C25H19F2N5O3. The summed E-state index contributed by atoms with van der Waals surface area (Å²) in [5.74, 6) is 0.358. The van der Waals surface area contributed by atoms with Crippen molar-refractivity contribution >= 4 is 16.9 Å². The van der Waals surface area contributed by atoms with E-state index < -0.39 is 6.61 Å². The van der Waals surface area contributed by atoms with Gasteiger partial charge in [0.2, 0.25) is 0 Å². The van der Waals surface area contributed by atoms with E-state index in [1.54, 1.807) is 59.9 Å². The van der Waals surface area contributed by atoms with Gasteiger partial charge in [-0.25, -0.2) is 9.67 Å². The first kappa shape index (κ1) is 22.2. The van der Waals surface area contributed by atoms with Gasteiger partial charge < -0.3 is 14.5 Å². The molecule has 0 atom stereocenters. The summed E-state index contributed by atoms with van der Waals surface area (Å²) in [4.78, 5) is 22.1. The van der Waals surface area contributed by atoms with E-state index in [1.165, 1.54) is 12.1 Å². The highest BCUT2D eigenvalue weighted by atomic mass is 19.3. The highest BCUT2D eigenvalue weighted by Crippen LogP contribution is 2.25. The number of rotatable bonds is 8. The van der Waals surface area contributed by atoms with Gasteiger partial charge in [-0.05, 0) is 48.0 Å². The molecule has 35 heavy (non-hydrogen) atoms. The van der Waals surface area contributed by atoms with Crippen molar-refractivity contribution in [2.24, 2.45) is 0 Å². The molecule has 1 aromatic carbocycles. The first-order chi connectivity index (χ1) is 17.1. The van der Waals surface area contributed by atoms with Gasteiger partial charge in [-0.1, -0.05) is 12.1 Å².